The lowest BCUT2D eigenvalue weighted by Crippen LogP contribution is -2.13. The molecule has 4 rings (SSSR count). The standard InChI is InChI=1S/C19H19N/c1-13-11-12-16-9-6-10-17-18(14(2)20(13)19(16)17)15-7-4-3-5-8-15/h3-10,13H,11-12H2,1-2H3. The summed E-state index contributed by atoms with van der Waals surface area (Å²) in [6.45, 7) is 4.62. The van der Waals surface area contributed by atoms with E-state index in [0.29, 0.717) is 6.04 Å². The summed E-state index contributed by atoms with van der Waals surface area (Å²) in [5.74, 6) is 0. The largest absolute Gasteiger partial charge is 0.341 e. The molecule has 0 N–H and O–H groups in total. The highest BCUT2D eigenvalue weighted by atomic mass is 15.0. The Balaban J connectivity index is 2.14. The molecule has 1 aromatic heterocycles. The molecule has 1 aliphatic heterocycles. The van der Waals surface area contributed by atoms with E-state index in [2.05, 4.69) is 66.9 Å². The molecule has 0 radical (unpaired) electrons. The summed E-state index contributed by atoms with van der Waals surface area (Å²) < 4.78 is 2.55. The topological polar surface area (TPSA) is 4.93 Å². The van der Waals surface area contributed by atoms with E-state index in [1.54, 1.807) is 0 Å². The highest BCUT2D eigenvalue weighted by Crippen LogP contribution is 2.41. The van der Waals surface area contributed by atoms with Crippen LogP contribution in [0.25, 0.3) is 22.0 Å². The number of nitrogens with zero attached hydrogens (tertiary/aromatic N) is 1. The third-order valence-electron chi connectivity index (χ3n) is 4.69. The van der Waals surface area contributed by atoms with E-state index in [0.717, 1.165) is 0 Å². The van der Waals surface area contributed by atoms with Crippen molar-refractivity contribution in [2.45, 2.75) is 32.7 Å². The predicted octanol–water partition coefficient (Wildman–Crippen LogP) is 5.12. The van der Waals surface area contributed by atoms with Gasteiger partial charge in [0.05, 0.1) is 5.52 Å². The van der Waals surface area contributed by atoms with E-state index in [-0.39, 0.29) is 0 Å². The number of para-hydroxylation sites is 1. The summed E-state index contributed by atoms with van der Waals surface area (Å²) in [5, 5.41) is 1.41. The molecule has 3 aromatic rings. The lowest BCUT2D eigenvalue weighted by Gasteiger charge is -2.24. The molecule has 0 saturated heterocycles. The van der Waals surface area contributed by atoms with Crippen LogP contribution in [0.2, 0.25) is 0 Å². The van der Waals surface area contributed by atoms with Crippen LogP contribution < -0.4 is 0 Å². The van der Waals surface area contributed by atoms with Gasteiger partial charge < -0.3 is 4.57 Å². The molecule has 2 heterocycles. The van der Waals surface area contributed by atoms with Crippen LogP contribution in [-0.2, 0) is 6.42 Å². The Morgan fingerprint density at radius 1 is 1.00 bits per heavy atom. The van der Waals surface area contributed by atoms with Crippen molar-refractivity contribution in [3.8, 4) is 11.1 Å². The van der Waals surface area contributed by atoms with Crippen LogP contribution in [0.3, 0.4) is 0 Å². The maximum Gasteiger partial charge on any atom is 0.0523 e. The van der Waals surface area contributed by atoms with Crippen molar-refractivity contribution >= 4 is 10.9 Å². The van der Waals surface area contributed by atoms with Crippen LogP contribution in [0.5, 0.6) is 0 Å². The van der Waals surface area contributed by atoms with E-state index in [9.17, 15) is 0 Å². The van der Waals surface area contributed by atoms with Gasteiger partial charge in [-0.2, -0.15) is 0 Å². The summed E-state index contributed by atoms with van der Waals surface area (Å²) in [4.78, 5) is 0. The second-order valence-electron chi connectivity index (χ2n) is 5.90. The molecular weight excluding hydrogens is 242 g/mol. The van der Waals surface area contributed by atoms with Gasteiger partial charge in [0.1, 0.15) is 0 Å². The van der Waals surface area contributed by atoms with Gasteiger partial charge in [0.2, 0.25) is 0 Å². The average Bonchev–Trinajstić information content (AvgIpc) is 2.78. The van der Waals surface area contributed by atoms with Gasteiger partial charge in [-0.1, -0.05) is 48.5 Å². The van der Waals surface area contributed by atoms with Crippen LogP contribution in [0, 0.1) is 6.92 Å². The van der Waals surface area contributed by atoms with E-state index < -0.39 is 0 Å². The SMILES string of the molecule is Cc1c(-c2ccccc2)c2cccc3c2n1C(C)CC3. The second kappa shape index (κ2) is 4.24. The monoisotopic (exact) mass is 261 g/mol. The van der Waals surface area contributed by atoms with Gasteiger partial charge in [0, 0.05) is 22.7 Å². The first-order valence-corrected chi connectivity index (χ1v) is 7.45. The zero-order valence-electron chi connectivity index (χ0n) is 12.1. The fourth-order valence-electron chi connectivity index (χ4n) is 3.78. The Hall–Kier alpha value is -2.02. The van der Waals surface area contributed by atoms with Gasteiger partial charge >= 0.3 is 0 Å². The summed E-state index contributed by atoms with van der Waals surface area (Å²) in [7, 11) is 0. The minimum absolute atomic E-state index is 0.602. The van der Waals surface area contributed by atoms with Gasteiger partial charge in [-0.25, -0.2) is 0 Å². The van der Waals surface area contributed by atoms with Gasteiger partial charge in [-0.15, -0.1) is 0 Å². The molecule has 0 spiro atoms. The molecule has 1 heteroatoms. The molecule has 1 aliphatic rings. The minimum Gasteiger partial charge on any atom is -0.341 e. The summed E-state index contributed by atoms with van der Waals surface area (Å²) in [5.41, 5.74) is 7.12. The quantitative estimate of drug-likeness (QED) is 0.572. The summed E-state index contributed by atoms with van der Waals surface area (Å²) in [6.07, 6.45) is 2.45. The van der Waals surface area contributed by atoms with Crippen molar-refractivity contribution in [1.29, 1.82) is 0 Å². The number of rotatable bonds is 1. The molecule has 20 heavy (non-hydrogen) atoms. The highest BCUT2D eigenvalue weighted by Gasteiger charge is 2.24. The third kappa shape index (κ3) is 1.49. The Bertz CT molecular complexity index is 780. The molecule has 1 nitrogen and oxygen atoms in total. The van der Waals surface area contributed by atoms with Crippen molar-refractivity contribution in [2.75, 3.05) is 0 Å². The molecule has 1 unspecified atom stereocenters. The number of hydrogen-bond acceptors (Lipinski definition) is 0. The zero-order valence-corrected chi connectivity index (χ0v) is 12.1. The predicted molar refractivity (Wildman–Crippen MR) is 85.1 cm³/mol. The van der Waals surface area contributed by atoms with Crippen molar-refractivity contribution in [3.05, 3.63) is 59.8 Å². The van der Waals surface area contributed by atoms with Gasteiger partial charge in [-0.3, -0.25) is 0 Å². The first-order valence-electron chi connectivity index (χ1n) is 7.45. The van der Waals surface area contributed by atoms with Crippen LogP contribution >= 0.6 is 0 Å². The van der Waals surface area contributed by atoms with E-state index in [1.807, 2.05) is 0 Å². The smallest absolute Gasteiger partial charge is 0.0523 e. The summed E-state index contributed by atoms with van der Waals surface area (Å²) in [6, 6.07) is 18.2. The normalized spacial score (nSPS) is 17.6. The Morgan fingerprint density at radius 3 is 2.60 bits per heavy atom. The first-order chi connectivity index (χ1) is 9.77. The fourth-order valence-corrected chi connectivity index (χ4v) is 3.78. The maximum atomic E-state index is 2.55. The molecule has 0 saturated carbocycles. The summed E-state index contributed by atoms with van der Waals surface area (Å²) >= 11 is 0. The Morgan fingerprint density at radius 2 is 1.80 bits per heavy atom. The molecule has 0 aliphatic carbocycles. The van der Waals surface area contributed by atoms with Gasteiger partial charge in [0.15, 0.2) is 0 Å². The van der Waals surface area contributed by atoms with Crippen molar-refractivity contribution < 1.29 is 0 Å². The third-order valence-corrected chi connectivity index (χ3v) is 4.69. The molecule has 0 fully saturated rings. The molecule has 100 valence electrons. The molecular formula is C19H19N. The molecule has 0 bridgehead atoms. The molecule has 1 atom stereocenters. The van der Waals surface area contributed by atoms with E-state index in [1.165, 1.54) is 46.1 Å². The van der Waals surface area contributed by atoms with Crippen LogP contribution in [0.1, 0.15) is 30.6 Å². The number of hydrogen-bond donors (Lipinski definition) is 0. The number of benzene rings is 2. The average molecular weight is 261 g/mol. The van der Waals surface area contributed by atoms with E-state index in [4.69, 9.17) is 0 Å². The zero-order chi connectivity index (χ0) is 13.7. The van der Waals surface area contributed by atoms with Crippen molar-refractivity contribution in [3.63, 3.8) is 0 Å². The van der Waals surface area contributed by atoms with E-state index >= 15 is 0 Å². The van der Waals surface area contributed by atoms with Gasteiger partial charge in [-0.05, 0) is 37.8 Å². The van der Waals surface area contributed by atoms with Crippen LogP contribution in [0.4, 0.5) is 0 Å². The Kier molecular flexibility index (Phi) is 2.50. The second-order valence-corrected chi connectivity index (χ2v) is 5.90. The van der Waals surface area contributed by atoms with Crippen molar-refractivity contribution in [2.24, 2.45) is 0 Å². The maximum absolute atomic E-state index is 2.55. The van der Waals surface area contributed by atoms with Crippen LogP contribution in [-0.4, -0.2) is 4.57 Å². The molecule has 0 amide bonds. The van der Waals surface area contributed by atoms with Crippen molar-refractivity contribution in [1.82, 2.24) is 4.57 Å². The highest BCUT2D eigenvalue weighted by molar-refractivity contribution is 6.00. The first kappa shape index (κ1) is 11.8. The lowest BCUT2D eigenvalue weighted by molar-refractivity contribution is 0.495. The van der Waals surface area contributed by atoms with Gasteiger partial charge in [0.25, 0.3) is 0 Å². The number of aryl methyl sites for hydroxylation is 1. The van der Waals surface area contributed by atoms with Crippen LogP contribution in [0.15, 0.2) is 48.5 Å². The lowest BCUT2D eigenvalue weighted by atomic mass is 9.98. The minimum atomic E-state index is 0.602. The Labute approximate surface area is 119 Å². The number of aromatic nitrogens is 1. The molecule has 2 aromatic carbocycles. The fraction of sp³-hybridized carbons (Fsp3) is 0.263.